The summed E-state index contributed by atoms with van der Waals surface area (Å²) in [5.74, 6) is 0.880. The van der Waals surface area contributed by atoms with Crippen LogP contribution in [0.25, 0.3) is 0 Å². The van der Waals surface area contributed by atoms with Crippen LogP contribution in [0.4, 0.5) is 0 Å². The minimum atomic E-state index is 0. The highest BCUT2D eigenvalue weighted by Gasteiger charge is 2.22. The molecule has 2 unspecified atom stereocenters. The SMILES string of the molecule is COc1cccc(CNC(=O)CN2CC(C)NC(C)C2)c1.Cl. The third-order valence-corrected chi connectivity index (χ3v) is 3.62. The second kappa shape index (κ2) is 8.98. The lowest BCUT2D eigenvalue weighted by Gasteiger charge is -2.35. The van der Waals surface area contributed by atoms with Crippen LogP contribution >= 0.6 is 12.4 Å². The van der Waals surface area contributed by atoms with E-state index in [2.05, 4.69) is 29.4 Å². The number of ether oxygens (including phenoxy) is 1. The van der Waals surface area contributed by atoms with E-state index in [0.29, 0.717) is 25.2 Å². The predicted octanol–water partition coefficient (Wildman–Crippen LogP) is 1.42. The van der Waals surface area contributed by atoms with Crippen LogP contribution in [0.1, 0.15) is 19.4 Å². The smallest absolute Gasteiger partial charge is 0.234 e. The van der Waals surface area contributed by atoms with E-state index in [1.807, 2.05) is 24.3 Å². The molecular weight excluding hydrogens is 302 g/mol. The Bertz CT molecular complexity index is 474. The number of nitrogens with one attached hydrogen (secondary N) is 2. The number of nitrogens with zero attached hydrogens (tertiary/aromatic N) is 1. The standard InChI is InChI=1S/C16H25N3O2.ClH/c1-12-9-19(10-13(2)18-12)11-16(20)17-8-14-5-4-6-15(7-14)21-3;/h4-7,12-13,18H,8-11H2,1-3H3,(H,17,20);1H. The Hall–Kier alpha value is -1.30. The lowest BCUT2D eigenvalue weighted by atomic mass is 10.1. The topological polar surface area (TPSA) is 53.6 Å². The maximum atomic E-state index is 12.0. The van der Waals surface area contributed by atoms with Crippen molar-refractivity contribution in [1.29, 1.82) is 0 Å². The van der Waals surface area contributed by atoms with Crippen LogP contribution in [0.15, 0.2) is 24.3 Å². The first kappa shape index (κ1) is 18.7. The van der Waals surface area contributed by atoms with Gasteiger partial charge in [0, 0.05) is 31.7 Å². The van der Waals surface area contributed by atoms with Gasteiger partial charge in [0.15, 0.2) is 0 Å². The van der Waals surface area contributed by atoms with E-state index in [0.717, 1.165) is 24.4 Å². The third-order valence-electron chi connectivity index (χ3n) is 3.62. The van der Waals surface area contributed by atoms with E-state index in [1.54, 1.807) is 7.11 Å². The van der Waals surface area contributed by atoms with Crippen molar-refractivity contribution >= 4 is 18.3 Å². The second-order valence-electron chi connectivity index (χ2n) is 5.79. The average Bonchev–Trinajstić information content (AvgIpc) is 2.44. The summed E-state index contributed by atoms with van der Waals surface area (Å²) in [6.07, 6.45) is 0. The zero-order valence-corrected chi connectivity index (χ0v) is 14.3. The van der Waals surface area contributed by atoms with Crippen molar-refractivity contribution < 1.29 is 9.53 Å². The molecule has 124 valence electrons. The molecule has 0 spiro atoms. The summed E-state index contributed by atoms with van der Waals surface area (Å²) in [5, 5.41) is 6.44. The summed E-state index contributed by atoms with van der Waals surface area (Å²) in [4.78, 5) is 14.2. The van der Waals surface area contributed by atoms with Gasteiger partial charge in [0.2, 0.25) is 5.91 Å². The van der Waals surface area contributed by atoms with Crippen LogP contribution < -0.4 is 15.4 Å². The molecule has 6 heteroatoms. The normalized spacial score (nSPS) is 21.8. The van der Waals surface area contributed by atoms with Crippen LogP contribution in [0.5, 0.6) is 5.75 Å². The number of carbonyl (C=O) groups is 1. The van der Waals surface area contributed by atoms with Gasteiger partial charge >= 0.3 is 0 Å². The van der Waals surface area contributed by atoms with Crippen molar-refractivity contribution in [3.63, 3.8) is 0 Å². The minimum Gasteiger partial charge on any atom is -0.497 e. The number of hydrogen-bond donors (Lipinski definition) is 2. The lowest BCUT2D eigenvalue weighted by Crippen LogP contribution is -2.55. The third kappa shape index (κ3) is 5.83. The number of halogens is 1. The molecule has 2 atom stereocenters. The number of carbonyl (C=O) groups excluding carboxylic acids is 1. The minimum absolute atomic E-state index is 0. The highest BCUT2D eigenvalue weighted by Crippen LogP contribution is 2.12. The van der Waals surface area contributed by atoms with E-state index in [4.69, 9.17) is 4.74 Å². The molecule has 1 saturated heterocycles. The van der Waals surface area contributed by atoms with E-state index in [9.17, 15) is 4.79 Å². The van der Waals surface area contributed by atoms with Gasteiger partial charge in [0.1, 0.15) is 5.75 Å². The van der Waals surface area contributed by atoms with Crippen LogP contribution in [0.3, 0.4) is 0 Å². The van der Waals surface area contributed by atoms with Gasteiger partial charge in [-0.1, -0.05) is 12.1 Å². The van der Waals surface area contributed by atoms with Crippen LogP contribution in [0, 0.1) is 0 Å². The van der Waals surface area contributed by atoms with Gasteiger partial charge < -0.3 is 15.4 Å². The molecule has 2 rings (SSSR count). The highest BCUT2D eigenvalue weighted by atomic mass is 35.5. The Labute approximate surface area is 138 Å². The quantitative estimate of drug-likeness (QED) is 0.858. The number of hydrogen-bond acceptors (Lipinski definition) is 4. The van der Waals surface area contributed by atoms with Crippen LogP contribution in [-0.4, -0.2) is 49.6 Å². The molecule has 1 aliphatic rings. The molecule has 22 heavy (non-hydrogen) atoms. The molecule has 2 N–H and O–H groups in total. The molecule has 0 bridgehead atoms. The molecule has 1 fully saturated rings. The summed E-state index contributed by atoms with van der Waals surface area (Å²) in [6, 6.07) is 8.61. The Morgan fingerprint density at radius 2 is 2.05 bits per heavy atom. The predicted molar refractivity (Wildman–Crippen MR) is 90.6 cm³/mol. The first-order valence-electron chi connectivity index (χ1n) is 7.45. The van der Waals surface area contributed by atoms with Gasteiger partial charge in [-0.25, -0.2) is 0 Å². The summed E-state index contributed by atoms with van der Waals surface area (Å²) in [7, 11) is 1.64. The Balaban J connectivity index is 0.00000242. The Kier molecular flexibility index (Phi) is 7.65. The summed E-state index contributed by atoms with van der Waals surface area (Å²) < 4.78 is 5.18. The summed E-state index contributed by atoms with van der Waals surface area (Å²) in [6.45, 7) is 7.12. The largest absolute Gasteiger partial charge is 0.497 e. The van der Waals surface area contributed by atoms with E-state index < -0.39 is 0 Å². The summed E-state index contributed by atoms with van der Waals surface area (Å²) in [5.41, 5.74) is 1.05. The molecule has 1 aromatic carbocycles. The van der Waals surface area contributed by atoms with Gasteiger partial charge in [0.05, 0.1) is 13.7 Å². The Morgan fingerprint density at radius 1 is 1.36 bits per heavy atom. The zero-order chi connectivity index (χ0) is 15.2. The number of piperazine rings is 1. The van der Waals surface area contributed by atoms with Crippen molar-refractivity contribution in [2.75, 3.05) is 26.7 Å². The molecule has 0 aromatic heterocycles. The number of benzene rings is 1. The number of amides is 1. The van der Waals surface area contributed by atoms with Gasteiger partial charge in [-0.2, -0.15) is 0 Å². The molecule has 5 nitrogen and oxygen atoms in total. The van der Waals surface area contributed by atoms with Crippen molar-refractivity contribution in [3.05, 3.63) is 29.8 Å². The van der Waals surface area contributed by atoms with Crippen molar-refractivity contribution in [3.8, 4) is 5.75 Å². The van der Waals surface area contributed by atoms with Gasteiger partial charge in [-0.05, 0) is 31.5 Å². The molecule has 1 heterocycles. The summed E-state index contributed by atoms with van der Waals surface area (Å²) >= 11 is 0. The van der Waals surface area contributed by atoms with Crippen molar-refractivity contribution in [2.24, 2.45) is 0 Å². The molecule has 1 amide bonds. The monoisotopic (exact) mass is 327 g/mol. The molecule has 1 aliphatic heterocycles. The van der Waals surface area contributed by atoms with E-state index in [1.165, 1.54) is 0 Å². The molecular formula is C16H26ClN3O2. The fourth-order valence-corrected chi connectivity index (χ4v) is 2.81. The number of methoxy groups -OCH3 is 1. The fourth-order valence-electron chi connectivity index (χ4n) is 2.81. The molecule has 0 radical (unpaired) electrons. The van der Waals surface area contributed by atoms with Crippen molar-refractivity contribution in [1.82, 2.24) is 15.5 Å². The maximum absolute atomic E-state index is 12.0. The van der Waals surface area contributed by atoms with Gasteiger partial charge in [0.25, 0.3) is 0 Å². The average molecular weight is 328 g/mol. The van der Waals surface area contributed by atoms with E-state index in [-0.39, 0.29) is 18.3 Å². The first-order valence-corrected chi connectivity index (χ1v) is 7.45. The lowest BCUT2D eigenvalue weighted by molar-refractivity contribution is -0.122. The van der Waals surface area contributed by atoms with Crippen LogP contribution in [0.2, 0.25) is 0 Å². The molecule has 0 aliphatic carbocycles. The second-order valence-corrected chi connectivity index (χ2v) is 5.79. The fraction of sp³-hybridized carbons (Fsp3) is 0.562. The van der Waals surface area contributed by atoms with Crippen molar-refractivity contribution in [2.45, 2.75) is 32.5 Å². The molecule has 0 saturated carbocycles. The molecule has 1 aromatic rings. The van der Waals surface area contributed by atoms with E-state index >= 15 is 0 Å². The number of rotatable bonds is 5. The highest BCUT2D eigenvalue weighted by molar-refractivity contribution is 5.85. The van der Waals surface area contributed by atoms with Gasteiger partial charge in [-0.3, -0.25) is 9.69 Å². The van der Waals surface area contributed by atoms with Gasteiger partial charge in [-0.15, -0.1) is 12.4 Å². The zero-order valence-electron chi connectivity index (χ0n) is 13.5. The maximum Gasteiger partial charge on any atom is 0.234 e. The first-order chi connectivity index (χ1) is 10.1. The Morgan fingerprint density at radius 3 is 2.68 bits per heavy atom. The van der Waals surface area contributed by atoms with Crippen LogP contribution in [-0.2, 0) is 11.3 Å².